The van der Waals surface area contributed by atoms with Gasteiger partial charge in [-0.25, -0.2) is 4.79 Å². The number of aromatic amines is 2. The van der Waals surface area contributed by atoms with Crippen molar-refractivity contribution in [2.24, 2.45) is 0 Å². The van der Waals surface area contributed by atoms with Crippen LogP contribution < -0.4 is 16.6 Å². The van der Waals surface area contributed by atoms with Crippen molar-refractivity contribution in [1.29, 1.82) is 5.26 Å². The number of rotatable bonds is 2. The lowest BCUT2D eigenvalue weighted by molar-refractivity contribution is 1.03. The van der Waals surface area contributed by atoms with Gasteiger partial charge < -0.3 is 5.32 Å². The number of hydrogen-bond acceptors (Lipinski definition) is 4. The molecular formula is C11H8N4O2. The number of anilines is 2. The normalized spacial score (nSPS) is 9.59. The van der Waals surface area contributed by atoms with Gasteiger partial charge in [-0.2, -0.15) is 5.26 Å². The standard InChI is InChI=1S/C11H8N4O2/c12-6-8-9(14-11(17)15-10(8)16)13-7-4-2-1-3-5-7/h1-5H,(H3,13,14,15,16,17). The highest BCUT2D eigenvalue weighted by Gasteiger charge is 2.08. The molecule has 2 aromatic rings. The van der Waals surface area contributed by atoms with Gasteiger partial charge in [0.2, 0.25) is 0 Å². The molecule has 2 rings (SSSR count). The van der Waals surface area contributed by atoms with Gasteiger partial charge in [0.25, 0.3) is 5.56 Å². The van der Waals surface area contributed by atoms with Crippen molar-refractivity contribution in [3.63, 3.8) is 0 Å². The lowest BCUT2D eigenvalue weighted by atomic mass is 10.3. The maximum absolute atomic E-state index is 11.3. The zero-order chi connectivity index (χ0) is 12.3. The van der Waals surface area contributed by atoms with Crippen LogP contribution >= 0.6 is 0 Å². The third kappa shape index (κ3) is 2.23. The molecule has 3 N–H and O–H groups in total. The third-order valence-corrected chi connectivity index (χ3v) is 2.10. The number of para-hydroxylation sites is 1. The number of H-pyrrole nitrogens is 2. The minimum Gasteiger partial charge on any atom is -0.340 e. The van der Waals surface area contributed by atoms with E-state index in [4.69, 9.17) is 5.26 Å². The lowest BCUT2D eigenvalue weighted by Crippen LogP contribution is -2.25. The molecule has 0 saturated heterocycles. The number of hydrogen-bond donors (Lipinski definition) is 3. The first kappa shape index (κ1) is 10.7. The number of nitriles is 1. The van der Waals surface area contributed by atoms with Crippen LogP contribution in [0.3, 0.4) is 0 Å². The molecule has 84 valence electrons. The van der Waals surface area contributed by atoms with Crippen LogP contribution in [-0.2, 0) is 0 Å². The van der Waals surface area contributed by atoms with Crippen molar-refractivity contribution in [2.75, 3.05) is 5.32 Å². The Balaban J connectivity index is 2.50. The average molecular weight is 228 g/mol. The quantitative estimate of drug-likeness (QED) is 0.703. The van der Waals surface area contributed by atoms with Crippen LogP contribution in [0.25, 0.3) is 0 Å². The Hall–Kier alpha value is -2.81. The van der Waals surface area contributed by atoms with E-state index in [1.54, 1.807) is 30.3 Å². The largest absolute Gasteiger partial charge is 0.340 e. The van der Waals surface area contributed by atoms with Crippen LogP contribution in [0, 0.1) is 11.3 Å². The minimum absolute atomic E-state index is 0.0902. The molecule has 6 heteroatoms. The van der Waals surface area contributed by atoms with E-state index in [0.717, 1.165) is 0 Å². The molecule has 1 aromatic carbocycles. The van der Waals surface area contributed by atoms with E-state index < -0.39 is 11.2 Å². The molecule has 0 radical (unpaired) electrons. The zero-order valence-corrected chi connectivity index (χ0v) is 8.65. The summed E-state index contributed by atoms with van der Waals surface area (Å²) >= 11 is 0. The number of aromatic nitrogens is 2. The van der Waals surface area contributed by atoms with E-state index >= 15 is 0 Å². The van der Waals surface area contributed by atoms with Crippen molar-refractivity contribution in [3.8, 4) is 6.07 Å². The van der Waals surface area contributed by atoms with Crippen LogP contribution in [0.1, 0.15) is 5.56 Å². The Kier molecular flexibility index (Phi) is 2.75. The first-order valence-corrected chi connectivity index (χ1v) is 4.79. The number of nitrogens with one attached hydrogen (secondary N) is 3. The molecule has 0 bridgehead atoms. The highest BCUT2D eigenvalue weighted by atomic mass is 16.2. The fourth-order valence-corrected chi connectivity index (χ4v) is 1.35. The Bertz CT molecular complexity index is 679. The summed E-state index contributed by atoms with van der Waals surface area (Å²) in [5.41, 5.74) is -0.860. The van der Waals surface area contributed by atoms with Gasteiger partial charge in [0.05, 0.1) is 0 Å². The van der Waals surface area contributed by atoms with E-state index in [1.165, 1.54) is 0 Å². The monoisotopic (exact) mass is 228 g/mol. The first-order valence-electron chi connectivity index (χ1n) is 4.79. The highest BCUT2D eigenvalue weighted by molar-refractivity contribution is 5.61. The molecule has 0 spiro atoms. The van der Waals surface area contributed by atoms with Gasteiger partial charge in [-0.1, -0.05) is 18.2 Å². The van der Waals surface area contributed by atoms with Gasteiger partial charge in [-0.05, 0) is 12.1 Å². The van der Waals surface area contributed by atoms with Gasteiger partial charge in [-0.3, -0.25) is 14.8 Å². The average Bonchev–Trinajstić information content (AvgIpc) is 2.30. The first-order chi connectivity index (χ1) is 8.20. The third-order valence-electron chi connectivity index (χ3n) is 2.10. The summed E-state index contributed by atoms with van der Waals surface area (Å²) < 4.78 is 0. The Morgan fingerprint density at radius 3 is 2.47 bits per heavy atom. The second-order valence-corrected chi connectivity index (χ2v) is 3.26. The van der Waals surface area contributed by atoms with Crippen LogP contribution in [0.5, 0.6) is 0 Å². The molecule has 0 unspecified atom stereocenters. The van der Waals surface area contributed by atoms with Gasteiger partial charge in [0, 0.05) is 5.69 Å². The van der Waals surface area contributed by atoms with Crippen molar-refractivity contribution < 1.29 is 0 Å². The van der Waals surface area contributed by atoms with Gasteiger partial charge in [0.1, 0.15) is 11.9 Å². The Morgan fingerprint density at radius 2 is 1.82 bits per heavy atom. The predicted molar refractivity (Wildman–Crippen MR) is 62.1 cm³/mol. The smallest absolute Gasteiger partial charge is 0.327 e. The van der Waals surface area contributed by atoms with E-state index in [0.29, 0.717) is 5.69 Å². The van der Waals surface area contributed by atoms with E-state index in [9.17, 15) is 9.59 Å². The summed E-state index contributed by atoms with van der Waals surface area (Å²) in [7, 11) is 0. The molecule has 6 nitrogen and oxygen atoms in total. The summed E-state index contributed by atoms with van der Waals surface area (Å²) in [6.07, 6.45) is 0. The maximum Gasteiger partial charge on any atom is 0.327 e. The predicted octanol–water partition coefficient (Wildman–Crippen LogP) is 0.678. The lowest BCUT2D eigenvalue weighted by Gasteiger charge is -2.06. The zero-order valence-electron chi connectivity index (χ0n) is 8.65. The molecule has 1 aromatic heterocycles. The van der Waals surface area contributed by atoms with Crippen molar-refractivity contribution in [2.45, 2.75) is 0 Å². The number of benzene rings is 1. The van der Waals surface area contributed by atoms with Gasteiger partial charge in [0.15, 0.2) is 5.56 Å². The highest BCUT2D eigenvalue weighted by Crippen LogP contribution is 2.13. The van der Waals surface area contributed by atoms with Crippen LogP contribution in [-0.4, -0.2) is 9.97 Å². The Labute approximate surface area is 95.6 Å². The summed E-state index contributed by atoms with van der Waals surface area (Å²) in [4.78, 5) is 26.8. The van der Waals surface area contributed by atoms with Crippen LogP contribution in [0.2, 0.25) is 0 Å². The van der Waals surface area contributed by atoms with E-state index in [2.05, 4.69) is 10.3 Å². The molecule has 0 amide bonds. The van der Waals surface area contributed by atoms with Crippen LogP contribution in [0.4, 0.5) is 11.5 Å². The van der Waals surface area contributed by atoms with Crippen molar-refractivity contribution >= 4 is 11.5 Å². The molecule has 1 heterocycles. The summed E-state index contributed by atoms with van der Waals surface area (Å²) in [6.45, 7) is 0. The topological polar surface area (TPSA) is 102 Å². The summed E-state index contributed by atoms with van der Waals surface area (Å²) in [6, 6.07) is 10.6. The molecule has 0 aliphatic rings. The number of nitrogens with zero attached hydrogens (tertiary/aromatic N) is 1. The molecular weight excluding hydrogens is 220 g/mol. The fraction of sp³-hybridized carbons (Fsp3) is 0. The van der Waals surface area contributed by atoms with Gasteiger partial charge in [-0.15, -0.1) is 0 Å². The van der Waals surface area contributed by atoms with Gasteiger partial charge >= 0.3 is 5.69 Å². The molecule has 0 saturated carbocycles. The minimum atomic E-state index is -0.713. The van der Waals surface area contributed by atoms with E-state index in [-0.39, 0.29) is 11.4 Å². The maximum atomic E-state index is 11.3. The second kappa shape index (κ2) is 4.37. The molecule has 17 heavy (non-hydrogen) atoms. The van der Waals surface area contributed by atoms with Crippen molar-refractivity contribution in [1.82, 2.24) is 9.97 Å². The Morgan fingerprint density at radius 1 is 1.12 bits per heavy atom. The second-order valence-electron chi connectivity index (χ2n) is 3.26. The fourth-order valence-electron chi connectivity index (χ4n) is 1.35. The van der Waals surface area contributed by atoms with Crippen LogP contribution in [0.15, 0.2) is 39.9 Å². The van der Waals surface area contributed by atoms with Crippen molar-refractivity contribution in [3.05, 3.63) is 56.7 Å². The molecule has 0 aliphatic carbocycles. The summed E-state index contributed by atoms with van der Waals surface area (Å²) in [5.74, 6) is 0.0902. The molecule has 0 fully saturated rings. The molecule has 0 aliphatic heterocycles. The SMILES string of the molecule is N#Cc1c(Nc2ccccc2)[nH]c(=O)[nH]c1=O. The molecule has 0 atom stereocenters. The summed E-state index contributed by atoms with van der Waals surface area (Å²) in [5, 5.41) is 11.6. The van der Waals surface area contributed by atoms with E-state index in [1.807, 2.05) is 11.1 Å².